The third kappa shape index (κ3) is 6.61. The molecule has 1 rings (SSSR count). The maximum atomic E-state index is 5.87. The highest BCUT2D eigenvalue weighted by atomic mass is 16.5. The zero-order valence-corrected chi connectivity index (χ0v) is 10.9. The molecule has 0 amide bonds. The summed E-state index contributed by atoms with van der Waals surface area (Å²) in [6.07, 6.45) is 7.76. The van der Waals surface area contributed by atoms with Crippen LogP contribution in [0, 0.1) is 0 Å². The van der Waals surface area contributed by atoms with Crippen molar-refractivity contribution in [1.82, 2.24) is 10.2 Å². The first-order valence-electron chi connectivity index (χ1n) is 6.63. The molecule has 0 saturated carbocycles. The Balaban J connectivity index is 2.04. The molecule has 1 heterocycles. The number of hydrogen-bond donors (Lipinski definition) is 1. The van der Waals surface area contributed by atoms with Crippen LogP contribution in [-0.4, -0.2) is 50.3 Å². The Kier molecular flexibility index (Phi) is 7.97. The summed E-state index contributed by atoms with van der Waals surface area (Å²) in [5, 5.41) is 3.35. The van der Waals surface area contributed by atoms with Crippen molar-refractivity contribution in [3.8, 4) is 0 Å². The highest BCUT2D eigenvalue weighted by Crippen LogP contribution is 2.07. The smallest absolute Gasteiger partial charge is 0.0599 e. The zero-order valence-electron chi connectivity index (χ0n) is 10.9. The second kappa shape index (κ2) is 9.40. The Morgan fingerprint density at radius 2 is 1.82 bits per heavy atom. The highest BCUT2D eigenvalue weighted by molar-refractivity contribution is 4.79. The van der Waals surface area contributed by atoms with E-state index in [-0.39, 0.29) is 0 Å². The standard InChI is InChI=1S/C14H26N2O/c1-3-10-16(11-4-2)12-5-13-17-14-6-8-15-9-7-14/h3-4,14-15H,1-2,5-13H2. The lowest BCUT2D eigenvalue weighted by Gasteiger charge is -2.24. The molecule has 0 aromatic heterocycles. The molecule has 1 aliphatic heterocycles. The maximum absolute atomic E-state index is 5.87. The van der Waals surface area contributed by atoms with Crippen LogP contribution in [0.5, 0.6) is 0 Å². The van der Waals surface area contributed by atoms with Gasteiger partial charge in [0.25, 0.3) is 0 Å². The van der Waals surface area contributed by atoms with E-state index in [2.05, 4.69) is 23.4 Å². The molecule has 1 aliphatic rings. The molecule has 0 radical (unpaired) electrons. The van der Waals surface area contributed by atoms with Gasteiger partial charge in [-0.3, -0.25) is 4.90 Å². The van der Waals surface area contributed by atoms with Crippen molar-refractivity contribution in [1.29, 1.82) is 0 Å². The Bertz CT molecular complexity index is 202. The molecule has 0 aliphatic carbocycles. The topological polar surface area (TPSA) is 24.5 Å². The van der Waals surface area contributed by atoms with Gasteiger partial charge in [0.2, 0.25) is 0 Å². The van der Waals surface area contributed by atoms with Gasteiger partial charge in [0.15, 0.2) is 0 Å². The second-order valence-corrected chi connectivity index (χ2v) is 4.51. The Morgan fingerprint density at radius 1 is 1.18 bits per heavy atom. The molecule has 3 nitrogen and oxygen atoms in total. The molecule has 0 unspecified atom stereocenters. The third-order valence-electron chi connectivity index (χ3n) is 3.03. The molecule has 0 atom stereocenters. The summed E-state index contributed by atoms with van der Waals surface area (Å²) in [5.41, 5.74) is 0. The van der Waals surface area contributed by atoms with Crippen LogP contribution in [0.15, 0.2) is 25.3 Å². The minimum absolute atomic E-state index is 0.475. The number of nitrogens with one attached hydrogen (secondary N) is 1. The number of hydrogen-bond acceptors (Lipinski definition) is 3. The number of ether oxygens (including phenoxy) is 1. The summed E-state index contributed by atoms with van der Waals surface area (Å²) in [6.45, 7) is 13.5. The summed E-state index contributed by atoms with van der Waals surface area (Å²) < 4.78 is 5.87. The van der Waals surface area contributed by atoms with E-state index in [1.807, 2.05) is 12.2 Å². The molecule has 98 valence electrons. The first-order valence-corrected chi connectivity index (χ1v) is 6.63. The first-order chi connectivity index (χ1) is 8.36. The van der Waals surface area contributed by atoms with E-state index in [1.165, 1.54) is 0 Å². The van der Waals surface area contributed by atoms with Crippen LogP contribution < -0.4 is 5.32 Å². The summed E-state index contributed by atoms with van der Waals surface area (Å²) in [4.78, 5) is 2.33. The van der Waals surface area contributed by atoms with Crippen molar-refractivity contribution in [3.05, 3.63) is 25.3 Å². The fraction of sp³-hybridized carbons (Fsp3) is 0.714. The van der Waals surface area contributed by atoms with Gasteiger partial charge in [0, 0.05) is 26.2 Å². The highest BCUT2D eigenvalue weighted by Gasteiger charge is 2.12. The van der Waals surface area contributed by atoms with Gasteiger partial charge in [0.05, 0.1) is 6.10 Å². The fourth-order valence-electron chi connectivity index (χ4n) is 2.12. The van der Waals surface area contributed by atoms with Crippen LogP contribution in [-0.2, 0) is 4.74 Å². The number of nitrogens with zero attached hydrogens (tertiary/aromatic N) is 1. The molecular weight excluding hydrogens is 212 g/mol. The van der Waals surface area contributed by atoms with Crippen LogP contribution in [0.25, 0.3) is 0 Å². The van der Waals surface area contributed by atoms with Gasteiger partial charge in [-0.2, -0.15) is 0 Å². The van der Waals surface area contributed by atoms with Crippen LogP contribution in [0.1, 0.15) is 19.3 Å². The van der Waals surface area contributed by atoms with E-state index in [9.17, 15) is 0 Å². The summed E-state index contributed by atoms with van der Waals surface area (Å²) in [5.74, 6) is 0. The SMILES string of the molecule is C=CCN(CC=C)CCCOC1CCNCC1. The minimum atomic E-state index is 0.475. The summed E-state index contributed by atoms with van der Waals surface area (Å²) >= 11 is 0. The quantitative estimate of drug-likeness (QED) is 0.490. The van der Waals surface area contributed by atoms with Crippen LogP contribution in [0.4, 0.5) is 0 Å². The van der Waals surface area contributed by atoms with Gasteiger partial charge in [-0.25, -0.2) is 0 Å². The molecule has 3 heteroatoms. The minimum Gasteiger partial charge on any atom is -0.378 e. The van der Waals surface area contributed by atoms with Gasteiger partial charge in [-0.05, 0) is 32.4 Å². The predicted octanol–water partition coefficient (Wildman–Crippen LogP) is 1.82. The molecule has 1 fully saturated rings. The molecule has 17 heavy (non-hydrogen) atoms. The predicted molar refractivity (Wildman–Crippen MR) is 73.3 cm³/mol. The Hall–Kier alpha value is -0.640. The van der Waals surface area contributed by atoms with E-state index in [0.717, 1.165) is 58.6 Å². The van der Waals surface area contributed by atoms with Gasteiger partial charge in [0.1, 0.15) is 0 Å². The molecule has 0 aromatic carbocycles. The van der Waals surface area contributed by atoms with Gasteiger partial charge in [-0.15, -0.1) is 13.2 Å². The van der Waals surface area contributed by atoms with Crippen molar-refractivity contribution in [2.45, 2.75) is 25.4 Å². The molecule has 1 N–H and O–H groups in total. The van der Waals surface area contributed by atoms with Crippen molar-refractivity contribution in [2.75, 3.05) is 39.3 Å². The van der Waals surface area contributed by atoms with E-state index < -0.39 is 0 Å². The number of piperidine rings is 1. The van der Waals surface area contributed by atoms with Crippen molar-refractivity contribution in [3.63, 3.8) is 0 Å². The third-order valence-corrected chi connectivity index (χ3v) is 3.03. The summed E-state index contributed by atoms with van der Waals surface area (Å²) in [6, 6.07) is 0. The normalized spacial score (nSPS) is 17.2. The molecular formula is C14H26N2O. The van der Waals surface area contributed by atoms with Gasteiger partial charge in [-0.1, -0.05) is 12.2 Å². The lowest BCUT2D eigenvalue weighted by Crippen LogP contribution is -2.33. The summed E-state index contributed by atoms with van der Waals surface area (Å²) in [7, 11) is 0. The fourth-order valence-corrected chi connectivity index (χ4v) is 2.12. The maximum Gasteiger partial charge on any atom is 0.0599 e. The van der Waals surface area contributed by atoms with E-state index >= 15 is 0 Å². The average Bonchev–Trinajstić information content (AvgIpc) is 2.36. The average molecular weight is 238 g/mol. The molecule has 0 spiro atoms. The zero-order chi connectivity index (χ0) is 12.3. The first kappa shape index (κ1) is 14.4. The van der Waals surface area contributed by atoms with Crippen molar-refractivity contribution >= 4 is 0 Å². The molecule has 0 aromatic rings. The van der Waals surface area contributed by atoms with E-state index in [0.29, 0.717) is 6.10 Å². The van der Waals surface area contributed by atoms with E-state index in [4.69, 9.17) is 4.74 Å². The van der Waals surface area contributed by atoms with E-state index in [1.54, 1.807) is 0 Å². The van der Waals surface area contributed by atoms with Crippen molar-refractivity contribution in [2.24, 2.45) is 0 Å². The number of rotatable bonds is 9. The Labute approximate surface area is 106 Å². The largest absolute Gasteiger partial charge is 0.378 e. The second-order valence-electron chi connectivity index (χ2n) is 4.51. The lowest BCUT2D eigenvalue weighted by atomic mass is 10.1. The van der Waals surface area contributed by atoms with Crippen LogP contribution in [0.2, 0.25) is 0 Å². The van der Waals surface area contributed by atoms with Crippen molar-refractivity contribution < 1.29 is 4.74 Å². The van der Waals surface area contributed by atoms with Crippen LogP contribution >= 0.6 is 0 Å². The Morgan fingerprint density at radius 3 is 2.41 bits per heavy atom. The van der Waals surface area contributed by atoms with Gasteiger partial charge < -0.3 is 10.1 Å². The molecule has 0 bridgehead atoms. The van der Waals surface area contributed by atoms with Gasteiger partial charge >= 0.3 is 0 Å². The molecule has 1 saturated heterocycles. The van der Waals surface area contributed by atoms with Crippen LogP contribution in [0.3, 0.4) is 0 Å². The monoisotopic (exact) mass is 238 g/mol. The lowest BCUT2D eigenvalue weighted by molar-refractivity contribution is 0.0285.